The summed E-state index contributed by atoms with van der Waals surface area (Å²) in [5, 5.41) is 2.65. The van der Waals surface area contributed by atoms with Gasteiger partial charge in [-0.3, -0.25) is 4.79 Å². The fourth-order valence-corrected chi connectivity index (χ4v) is 7.30. The predicted octanol–water partition coefficient (Wildman–Crippen LogP) is 4.40. The predicted molar refractivity (Wildman–Crippen MR) is 117 cm³/mol. The van der Waals surface area contributed by atoms with E-state index in [2.05, 4.69) is 81.5 Å². The van der Waals surface area contributed by atoms with Crippen LogP contribution in [0.4, 0.5) is 5.69 Å². The molecule has 27 heavy (non-hydrogen) atoms. The molecule has 0 N–H and O–H groups in total. The number of allylic oxidation sites excluding steroid dienone is 5. The van der Waals surface area contributed by atoms with Crippen LogP contribution >= 0.6 is 0 Å². The Hall–Kier alpha value is -2.65. The molecule has 0 bridgehead atoms. The van der Waals surface area contributed by atoms with Crippen molar-refractivity contribution in [3.63, 3.8) is 0 Å². The molecule has 0 amide bonds. The van der Waals surface area contributed by atoms with Crippen LogP contribution < -0.4 is 10.1 Å². The van der Waals surface area contributed by atoms with Crippen molar-refractivity contribution in [3.8, 4) is 0 Å². The van der Waals surface area contributed by atoms with Crippen LogP contribution in [0.1, 0.15) is 16.7 Å². The molecule has 0 fully saturated rings. The lowest BCUT2D eigenvalue weighted by molar-refractivity contribution is -0.110. The molecule has 4 rings (SSSR count). The Kier molecular flexibility index (Phi) is 4.08. The zero-order valence-corrected chi connectivity index (χ0v) is 17.6. The largest absolute Gasteiger partial charge is 0.378 e. The molecule has 2 aromatic carbocycles. The highest BCUT2D eigenvalue weighted by Crippen LogP contribution is 2.42. The molecule has 1 aliphatic heterocycles. The van der Waals surface area contributed by atoms with E-state index in [0.717, 1.165) is 0 Å². The molecule has 3 heteroatoms. The molecule has 0 unspecified atom stereocenters. The fourth-order valence-electron chi connectivity index (χ4n) is 4.24. The number of carbonyl (C=O) groups excluding carboxylic acids is 1. The van der Waals surface area contributed by atoms with Gasteiger partial charge in [0.2, 0.25) is 0 Å². The van der Waals surface area contributed by atoms with E-state index in [9.17, 15) is 4.79 Å². The lowest BCUT2D eigenvalue weighted by Gasteiger charge is -2.47. The van der Waals surface area contributed by atoms with Gasteiger partial charge in [-0.05, 0) is 53.0 Å². The molecule has 2 aromatic rings. The number of hydrogen-bond donors (Lipinski definition) is 0. The van der Waals surface area contributed by atoms with Crippen molar-refractivity contribution in [2.45, 2.75) is 20.0 Å². The molecule has 0 radical (unpaired) electrons. The van der Waals surface area contributed by atoms with E-state index in [1.807, 2.05) is 12.2 Å². The quantitative estimate of drug-likeness (QED) is 0.730. The van der Waals surface area contributed by atoms with Gasteiger partial charge in [-0.1, -0.05) is 50.5 Å². The van der Waals surface area contributed by atoms with E-state index in [1.165, 1.54) is 43.9 Å². The summed E-state index contributed by atoms with van der Waals surface area (Å²) in [4.78, 5) is 14.4. The maximum atomic E-state index is 12.2. The Bertz CT molecular complexity index is 1050. The average molecular weight is 372 g/mol. The SMILES string of the molecule is Cc1ccccc1C1=C2C=CC(=O)C=C2[Si-](C)(C)c2cc(N(C)C)ccc21. The number of benzene rings is 2. The number of carbonyl (C=O) groups is 1. The minimum Gasteiger partial charge on any atom is -0.378 e. The van der Waals surface area contributed by atoms with Gasteiger partial charge in [0.15, 0.2) is 5.78 Å². The summed E-state index contributed by atoms with van der Waals surface area (Å²) in [6.07, 6.45) is 5.63. The van der Waals surface area contributed by atoms with Gasteiger partial charge < -0.3 is 4.90 Å². The highest BCUT2D eigenvalue weighted by molar-refractivity contribution is 6.98. The Morgan fingerprint density at radius 3 is 2.37 bits per heavy atom. The van der Waals surface area contributed by atoms with Crippen LogP contribution in [0.3, 0.4) is 0 Å². The van der Waals surface area contributed by atoms with Gasteiger partial charge in [0.25, 0.3) is 0 Å². The number of anilines is 1. The highest BCUT2D eigenvalue weighted by Gasteiger charge is 2.31. The minimum absolute atomic E-state index is 0.102. The van der Waals surface area contributed by atoms with E-state index in [1.54, 1.807) is 6.08 Å². The number of aryl methyl sites for hydroxylation is 1. The second-order valence-electron chi connectivity index (χ2n) is 8.15. The van der Waals surface area contributed by atoms with Gasteiger partial charge in [-0.25, -0.2) is 0 Å². The summed E-state index contributed by atoms with van der Waals surface area (Å²) in [6, 6.07) is 15.3. The Morgan fingerprint density at radius 1 is 0.926 bits per heavy atom. The molecule has 1 aliphatic carbocycles. The first kappa shape index (κ1) is 17.7. The van der Waals surface area contributed by atoms with E-state index in [-0.39, 0.29) is 5.78 Å². The summed E-state index contributed by atoms with van der Waals surface area (Å²) in [5.74, 6) is 0.102. The monoisotopic (exact) mass is 371 g/mol. The molecular formula is C24H25NOSi-. The van der Waals surface area contributed by atoms with E-state index in [0.29, 0.717) is 0 Å². The molecule has 1 heterocycles. The number of rotatable bonds is 2. The molecule has 0 atom stereocenters. The fraction of sp³-hybridized carbons (Fsp3) is 0.208. The number of nitrogens with zero attached hydrogens (tertiary/aromatic N) is 1. The van der Waals surface area contributed by atoms with Gasteiger partial charge in [-0.15, -0.1) is 0 Å². The second-order valence-corrected chi connectivity index (χ2v) is 12.5. The molecule has 0 aromatic heterocycles. The average Bonchev–Trinajstić information content (AvgIpc) is 2.63. The lowest BCUT2D eigenvalue weighted by atomic mass is 9.88. The summed E-state index contributed by atoms with van der Waals surface area (Å²) in [6.45, 7) is 6.88. The number of hydrogen-bond acceptors (Lipinski definition) is 2. The summed E-state index contributed by atoms with van der Waals surface area (Å²) in [7, 11) is 2.18. The van der Waals surface area contributed by atoms with Crippen molar-refractivity contribution in [2.75, 3.05) is 19.0 Å². The van der Waals surface area contributed by atoms with E-state index >= 15 is 0 Å². The van der Waals surface area contributed by atoms with Crippen molar-refractivity contribution in [3.05, 3.63) is 88.2 Å². The minimum atomic E-state index is -1.98. The third-order valence-corrected chi connectivity index (χ3v) is 9.33. The smallest absolute Gasteiger partial charge is 0.175 e. The first-order valence-electron chi connectivity index (χ1n) is 9.38. The van der Waals surface area contributed by atoms with Crippen molar-refractivity contribution in [1.82, 2.24) is 0 Å². The van der Waals surface area contributed by atoms with Crippen LogP contribution in [-0.2, 0) is 4.79 Å². The van der Waals surface area contributed by atoms with Crippen LogP contribution in [0.25, 0.3) is 5.57 Å². The van der Waals surface area contributed by atoms with Crippen molar-refractivity contribution >= 4 is 30.3 Å². The summed E-state index contributed by atoms with van der Waals surface area (Å²) < 4.78 is 0. The Morgan fingerprint density at radius 2 is 1.67 bits per heavy atom. The summed E-state index contributed by atoms with van der Waals surface area (Å²) in [5.41, 5.74) is 7.52. The normalized spacial score (nSPS) is 17.4. The molecule has 0 spiro atoms. The number of ketones is 1. The van der Waals surface area contributed by atoms with Crippen LogP contribution in [0.5, 0.6) is 0 Å². The maximum absolute atomic E-state index is 12.2. The first-order chi connectivity index (χ1) is 12.8. The standard InChI is InChI=1S/C24H25NOSi/c1-16-8-6-7-9-19(16)24-20-12-10-17(25(2)3)14-22(20)27(4,5)23-15-18(26)11-13-21(23)24/h6-15H,1-5H3/q-1. The van der Waals surface area contributed by atoms with Gasteiger partial charge in [-0.2, -0.15) is 23.5 Å². The van der Waals surface area contributed by atoms with Crippen LogP contribution in [-0.4, -0.2) is 28.0 Å². The van der Waals surface area contributed by atoms with Crippen molar-refractivity contribution in [2.24, 2.45) is 0 Å². The van der Waals surface area contributed by atoms with Crippen molar-refractivity contribution in [1.29, 1.82) is 0 Å². The van der Waals surface area contributed by atoms with Crippen LogP contribution in [0, 0.1) is 6.92 Å². The van der Waals surface area contributed by atoms with Gasteiger partial charge in [0, 0.05) is 19.8 Å². The van der Waals surface area contributed by atoms with Gasteiger partial charge in [0.1, 0.15) is 0 Å². The third kappa shape index (κ3) is 2.74. The second kappa shape index (κ2) is 6.21. The Balaban J connectivity index is 2.11. The molecule has 0 saturated carbocycles. The molecule has 2 nitrogen and oxygen atoms in total. The van der Waals surface area contributed by atoms with E-state index in [4.69, 9.17) is 0 Å². The topological polar surface area (TPSA) is 20.3 Å². The molecule has 137 valence electrons. The van der Waals surface area contributed by atoms with Crippen LogP contribution in [0.2, 0.25) is 13.1 Å². The highest BCUT2D eigenvalue weighted by atomic mass is 28.3. The van der Waals surface area contributed by atoms with Gasteiger partial charge in [0.05, 0.1) is 0 Å². The van der Waals surface area contributed by atoms with E-state index < -0.39 is 8.07 Å². The van der Waals surface area contributed by atoms with Crippen LogP contribution in [0.15, 0.2) is 71.5 Å². The third-order valence-electron chi connectivity index (χ3n) is 5.81. The molecular weight excluding hydrogens is 346 g/mol. The number of fused-ring (bicyclic) bond motifs is 2. The molecule has 0 saturated heterocycles. The zero-order chi connectivity index (χ0) is 19.3. The zero-order valence-electron chi connectivity index (χ0n) is 16.6. The summed E-state index contributed by atoms with van der Waals surface area (Å²) >= 11 is 0. The molecule has 2 aliphatic rings. The van der Waals surface area contributed by atoms with Crippen molar-refractivity contribution < 1.29 is 4.79 Å². The van der Waals surface area contributed by atoms with Gasteiger partial charge >= 0.3 is 0 Å². The lowest BCUT2D eigenvalue weighted by Crippen LogP contribution is -2.49. The maximum Gasteiger partial charge on any atom is 0.175 e. The Labute approximate surface area is 162 Å². The first-order valence-corrected chi connectivity index (χ1v) is 12.4.